The summed E-state index contributed by atoms with van der Waals surface area (Å²) < 4.78 is 0. The molecule has 2 atom stereocenters. The minimum Gasteiger partial charge on any atom is -0.503 e. The molecule has 1 N–H and O–H groups in total. The van der Waals surface area contributed by atoms with Gasteiger partial charge in [-0.05, 0) is 24.8 Å². The molecule has 1 aromatic carbocycles. The summed E-state index contributed by atoms with van der Waals surface area (Å²) >= 11 is 0. The summed E-state index contributed by atoms with van der Waals surface area (Å²) in [6.45, 7) is 6.25. The lowest BCUT2D eigenvalue weighted by atomic mass is 9.94. The molecule has 0 aliphatic carbocycles. The van der Waals surface area contributed by atoms with E-state index < -0.39 is 11.9 Å². The number of Topliss-reactive ketones (excluding diaryl/α,β-unsaturated/α-hetero) is 1. The maximum atomic E-state index is 12.6. The minimum atomic E-state index is -0.480. The van der Waals surface area contributed by atoms with E-state index in [1.165, 1.54) is 6.92 Å². The molecule has 0 unspecified atom stereocenters. The Morgan fingerprint density at radius 1 is 1.25 bits per heavy atom. The van der Waals surface area contributed by atoms with E-state index in [1.807, 2.05) is 30.3 Å². The van der Waals surface area contributed by atoms with Crippen LogP contribution in [0, 0.1) is 5.92 Å². The molecule has 0 fully saturated rings. The van der Waals surface area contributed by atoms with E-state index in [4.69, 9.17) is 0 Å². The number of rotatable bonds is 8. The first-order valence-electron chi connectivity index (χ1n) is 8.81. The highest BCUT2D eigenvalue weighted by Gasteiger charge is 2.42. The Morgan fingerprint density at radius 3 is 2.46 bits per heavy atom. The fourth-order valence-electron chi connectivity index (χ4n) is 3.38. The smallest absolute Gasteiger partial charge is 0.290 e. The Labute approximate surface area is 144 Å². The summed E-state index contributed by atoms with van der Waals surface area (Å²) in [7, 11) is 0. The number of hydrogen-bond acceptors (Lipinski definition) is 3. The second kappa shape index (κ2) is 8.13. The number of aliphatic hydroxyl groups excluding tert-OH is 1. The zero-order valence-electron chi connectivity index (χ0n) is 14.8. The van der Waals surface area contributed by atoms with E-state index in [0.717, 1.165) is 31.2 Å². The van der Waals surface area contributed by atoms with E-state index in [-0.39, 0.29) is 17.1 Å². The van der Waals surface area contributed by atoms with Crippen LogP contribution < -0.4 is 0 Å². The van der Waals surface area contributed by atoms with Crippen LogP contribution in [0.1, 0.15) is 58.1 Å². The molecule has 130 valence electrons. The van der Waals surface area contributed by atoms with Crippen molar-refractivity contribution in [1.82, 2.24) is 4.90 Å². The average Bonchev–Trinajstić information content (AvgIpc) is 2.84. The van der Waals surface area contributed by atoms with Crippen molar-refractivity contribution in [2.24, 2.45) is 5.92 Å². The summed E-state index contributed by atoms with van der Waals surface area (Å²) in [6.07, 6.45) is 4.26. The summed E-state index contributed by atoms with van der Waals surface area (Å²) in [5.41, 5.74) is 1.09. The third kappa shape index (κ3) is 3.69. The third-order valence-electron chi connectivity index (χ3n) is 4.80. The Balaban J connectivity index is 2.35. The molecule has 1 aliphatic heterocycles. The van der Waals surface area contributed by atoms with Crippen LogP contribution in [0.15, 0.2) is 41.7 Å². The first-order chi connectivity index (χ1) is 11.5. The van der Waals surface area contributed by atoms with Crippen molar-refractivity contribution >= 4 is 11.7 Å². The molecule has 1 amide bonds. The van der Waals surface area contributed by atoms with Gasteiger partial charge in [0.15, 0.2) is 11.5 Å². The fourth-order valence-corrected chi connectivity index (χ4v) is 3.38. The lowest BCUT2D eigenvalue weighted by molar-refractivity contribution is -0.130. The number of ketones is 1. The van der Waals surface area contributed by atoms with Gasteiger partial charge >= 0.3 is 0 Å². The predicted octanol–water partition coefficient (Wildman–Crippen LogP) is 4.19. The third-order valence-corrected chi connectivity index (χ3v) is 4.80. The molecule has 0 saturated heterocycles. The van der Waals surface area contributed by atoms with Gasteiger partial charge in [-0.2, -0.15) is 0 Å². The maximum Gasteiger partial charge on any atom is 0.290 e. The molecule has 0 bridgehead atoms. The van der Waals surface area contributed by atoms with Gasteiger partial charge < -0.3 is 10.0 Å². The van der Waals surface area contributed by atoms with Gasteiger partial charge in [0.2, 0.25) is 0 Å². The van der Waals surface area contributed by atoms with Crippen molar-refractivity contribution < 1.29 is 14.7 Å². The highest BCUT2D eigenvalue weighted by molar-refractivity contribution is 6.08. The van der Waals surface area contributed by atoms with Crippen molar-refractivity contribution in [2.75, 3.05) is 6.54 Å². The summed E-state index contributed by atoms with van der Waals surface area (Å²) in [6, 6.07) is 9.00. The average molecular weight is 329 g/mol. The van der Waals surface area contributed by atoms with Crippen LogP contribution in [0.4, 0.5) is 0 Å². The molecule has 4 nitrogen and oxygen atoms in total. The molecule has 0 saturated carbocycles. The fraction of sp³-hybridized carbons (Fsp3) is 0.500. The van der Waals surface area contributed by atoms with Gasteiger partial charge in [0.1, 0.15) is 0 Å². The number of amides is 1. The maximum absolute atomic E-state index is 12.6. The molecular weight excluding hydrogens is 302 g/mol. The minimum absolute atomic E-state index is 0.219. The quantitative estimate of drug-likeness (QED) is 0.778. The number of aliphatic hydroxyl groups is 1. The Kier molecular flexibility index (Phi) is 6.18. The van der Waals surface area contributed by atoms with E-state index in [2.05, 4.69) is 13.8 Å². The normalized spacial score (nSPS) is 19.0. The Morgan fingerprint density at radius 2 is 1.92 bits per heavy atom. The first-order valence-corrected chi connectivity index (χ1v) is 8.81. The van der Waals surface area contributed by atoms with Gasteiger partial charge in [-0.3, -0.25) is 9.59 Å². The van der Waals surface area contributed by atoms with Crippen molar-refractivity contribution in [3.05, 3.63) is 47.2 Å². The molecule has 2 rings (SSSR count). The Bertz CT molecular complexity index is 621. The van der Waals surface area contributed by atoms with Gasteiger partial charge in [-0.1, -0.05) is 63.4 Å². The lowest BCUT2D eigenvalue weighted by Crippen LogP contribution is -2.35. The predicted molar refractivity (Wildman–Crippen MR) is 94.5 cm³/mol. The second-order valence-electron chi connectivity index (χ2n) is 6.51. The SMILES string of the molecule is CCCC[C@H](CC)CN1C(=O)C(O)=C(C(C)=O)[C@H]1c1ccccc1. The van der Waals surface area contributed by atoms with Crippen molar-refractivity contribution in [1.29, 1.82) is 0 Å². The van der Waals surface area contributed by atoms with Crippen LogP contribution in [-0.2, 0) is 9.59 Å². The molecule has 1 heterocycles. The molecule has 0 radical (unpaired) electrons. The van der Waals surface area contributed by atoms with Crippen LogP contribution in [-0.4, -0.2) is 28.2 Å². The molecule has 0 spiro atoms. The monoisotopic (exact) mass is 329 g/mol. The summed E-state index contributed by atoms with van der Waals surface area (Å²) in [4.78, 5) is 26.3. The lowest BCUT2D eigenvalue weighted by Gasteiger charge is -2.30. The van der Waals surface area contributed by atoms with Crippen LogP contribution >= 0.6 is 0 Å². The van der Waals surface area contributed by atoms with Crippen molar-refractivity contribution in [3.63, 3.8) is 0 Å². The number of unbranched alkanes of at least 4 members (excludes halogenated alkanes) is 1. The van der Waals surface area contributed by atoms with Crippen molar-refractivity contribution in [2.45, 2.75) is 52.5 Å². The zero-order valence-corrected chi connectivity index (χ0v) is 14.8. The highest BCUT2D eigenvalue weighted by Crippen LogP contribution is 2.38. The van der Waals surface area contributed by atoms with Gasteiger partial charge in [0.05, 0.1) is 11.6 Å². The van der Waals surface area contributed by atoms with Gasteiger partial charge in [-0.25, -0.2) is 0 Å². The van der Waals surface area contributed by atoms with Crippen LogP contribution in [0.5, 0.6) is 0 Å². The van der Waals surface area contributed by atoms with E-state index >= 15 is 0 Å². The zero-order chi connectivity index (χ0) is 17.7. The second-order valence-corrected chi connectivity index (χ2v) is 6.51. The number of hydrogen-bond donors (Lipinski definition) is 1. The standard InChI is InChI=1S/C20H27NO3/c1-4-6-10-15(5-2)13-21-18(16-11-8-7-9-12-16)17(14(3)22)19(23)20(21)24/h7-9,11-12,15,18,23H,4-6,10,13H2,1-3H3/t15-,18+/m0/s1. The van der Waals surface area contributed by atoms with E-state index in [9.17, 15) is 14.7 Å². The molecule has 1 aliphatic rings. The molecule has 24 heavy (non-hydrogen) atoms. The Hall–Kier alpha value is -2.10. The number of carbonyl (C=O) groups is 2. The number of carbonyl (C=O) groups excluding carboxylic acids is 2. The van der Waals surface area contributed by atoms with E-state index in [1.54, 1.807) is 4.90 Å². The summed E-state index contributed by atoms with van der Waals surface area (Å²) in [5.74, 6) is -0.691. The molecule has 1 aromatic rings. The van der Waals surface area contributed by atoms with Gasteiger partial charge in [0, 0.05) is 6.54 Å². The molecule has 0 aromatic heterocycles. The topological polar surface area (TPSA) is 57.6 Å². The van der Waals surface area contributed by atoms with Crippen molar-refractivity contribution in [3.8, 4) is 0 Å². The highest BCUT2D eigenvalue weighted by atomic mass is 16.3. The van der Waals surface area contributed by atoms with E-state index in [0.29, 0.717) is 12.5 Å². The van der Waals surface area contributed by atoms with Crippen LogP contribution in [0.3, 0.4) is 0 Å². The number of nitrogens with zero attached hydrogens (tertiary/aromatic N) is 1. The largest absolute Gasteiger partial charge is 0.503 e. The summed E-state index contributed by atoms with van der Waals surface area (Å²) in [5, 5.41) is 10.3. The van der Waals surface area contributed by atoms with Gasteiger partial charge in [-0.15, -0.1) is 0 Å². The number of benzene rings is 1. The van der Waals surface area contributed by atoms with Crippen LogP contribution in [0.2, 0.25) is 0 Å². The first kappa shape index (κ1) is 18.2. The van der Waals surface area contributed by atoms with Crippen LogP contribution in [0.25, 0.3) is 0 Å². The van der Waals surface area contributed by atoms with Gasteiger partial charge in [0.25, 0.3) is 5.91 Å². The molecular formula is C20H27NO3. The molecule has 4 heteroatoms.